The number of carbonyl (C=O) groups excluding carboxylic acids is 1. The van der Waals surface area contributed by atoms with E-state index < -0.39 is 10.0 Å². The highest BCUT2D eigenvalue weighted by atomic mass is 32.2. The van der Waals surface area contributed by atoms with E-state index in [0.717, 1.165) is 12.8 Å². The van der Waals surface area contributed by atoms with E-state index in [-0.39, 0.29) is 22.8 Å². The van der Waals surface area contributed by atoms with Gasteiger partial charge in [0.2, 0.25) is 15.9 Å². The zero-order chi connectivity index (χ0) is 15.7. The molecule has 0 aliphatic carbocycles. The molecule has 1 amide bonds. The smallest absolute Gasteiger partial charge is 0.243 e. The molecule has 0 bridgehead atoms. The van der Waals surface area contributed by atoms with Gasteiger partial charge in [0, 0.05) is 25.6 Å². The number of ether oxygens (including phenoxy) is 1. The summed E-state index contributed by atoms with van der Waals surface area (Å²) >= 11 is 0. The normalized spacial score (nSPS) is 26.1. The summed E-state index contributed by atoms with van der Waals surface area (Å²) in [7, 11) is -1.98. The molecule has 1 aromatic carbocycles. The lowest BCUT2D eigenvalue weighted by atomic mass is 9.99. The summed E-state index contributed by atoms with van der Waals surface area (Å²) in [4.78, 5) is 11.9. The Hall–Kier alpha value is -1.60. The van der Waals surface area contributed by atoms with Crippen LogP contribution in [0.2, 0.25) is 0 Å². The summed E-state index contributed by atoms with van der Waals surface area (Å²) in [6.45, 7) is 0.823. The minimum Gasteiger partial charge on any atom is -0.497 e. The maximum absolute atomic E-state index is 12.7. The first-order valence-electron chi connectivity index (χ1n) is 7.44. The highest BCUT2D eigenvalue weighted by Gasteiger charge is 2.40. The summed E-state index contributed by atoms with van der Waals surface area (Å²) in [5, 5.41) is 2.95. The van der Waals surface area contributed by atoms with Gasteiger partial charge in [-0.05, 0) is 43.0 Å². The Labute approximate surface area is 130 Å². The number of nitrogens with one attached hydrogen (secondary N) is 1. The van der Waals surface area contributed by atoms with Gasteiger partial charge in [-0.3, -0.25) is 4.79 Å². The fourth-order valence-corrected chi connectivity index (χ4v) is 4.71. The van der Waals surface area contributed by atoms with Crippen LogP contribution in [-0.4, -0.2) is 44.9 Å². The lowest BCUT2D eigenvalue weighted by Crippen LogP contribution is -2.39. The number of nitrogens with zero attached hydrogens (tertiary/aromatic N) is 1. The Morgan fingerprint density at radius 3 is 2.64 bits per heavy atom. The van der Waals surface area contributed by atoms with Crippen molar-refractivity contribution in [2.24, 2.45) is 5.92 Å². The number of methoxy groups -OCH3 is 1. The first-order chi connectivity index (χ1) is 10.5. The number of sulfonamides is 1. The van der Waals surface area contributed by atoms with Crippen molar-refractivity contribution in [3.63, 3.8) is 0 Å². The van der Waals surface area contributed by atoms with Crippen molar-refractivity contribution in [1.82, 2.24) is 9.62 Å². The van der Waals surface area contributed by atoms with Gasteiger partial charge in [0.15, 0.2) is 0 Å². The van der Waals surface area contributed by atoms with Crippen LogP contribution in [0.5, 0.6) is 5.75 Å². The van der Waals surface area contributed by atoms with Crippen LogP contribution in [0.25, 0.3) is 0 Å². The highest BCUT2D eigenvalue weighted by Crippen LogP contribution is 2.30. The van der Waals surface area contributed by atoms with Crippen molar-refractivity contribution in [2.45, 2.75) is 30.2 Å². The molecular weight excluding hydrogens is 304 g/mol. The van der Waals surface area contributed by atoms with Crippen molar-refractivity contribution in [2.75, 3.05) is 20.2 Å². The van der Waals surface area contributed by atoms with Gasteiger partial charge in [-0.25, -0.2) is 8.42 Å². The summed E-state index contributed by atoms with van der Waals surface area (Å²) in [5.74, 6) is 0.855. The molecule has 0 spiro atoms. The first kappa shape index (κ1) is 15.3. The molecule has 0 radical (unpaired) electrons. The molecule has 120 valence electrons. The molecule has 6 nitrogen and oxygen atoms in total. The SMILES string of the molecule is COc1ccc(S(=O)(=O)N2C[C@H]3CCCC(=O)N[C@H]3C2)cc1. The van der Waals surface area contributed by atoms with Gasteiger partial charge in [0.25, 0.3) is 0 Å². The monoisotopic (exact) mass is 324 g/mol. The maximum atomic E-state index is 12.7. The predicted octanol–water partition coefficient (Wildman–Crippen LogP) is 0.984. The summed E-state index contributed by atoms with van der Waals surface area (Å²) < 4.78 is 32.0. The average molecular weight is 324 g/mol. The fourth-order valence-electron chi connectivity index (χ4n) is 3.18. The molecule has 2 heterocycles. The van der Waals surface area contributed by atoms with Crippen molar-refractivity contribution in [3.8, 4) is 5.75 Å². The van der Waals surface area contributed by atoms with Gasteiger partial charge < -0.3 is 10.1 Å². The minimum absolute atomic E-state index is 0.0243. The second-order valence-electron chi connectivity index (χ2n) is 5.82. The summed E-state index contributed by atoms with van der Waals surface area (Å²) in [6.07, 6.45) is 2.25. The van der Waals surface area contributed by atoms with Gasteiger partial charge in [-0.15, -0.1) is 0 Å². The average Bonchev–Trinajstić information content (AvgIpc) is 2.83. The number of hydrogen-bond donors (Lipinski definition) is 1. The molecule has 2 fully saturated rings. The molecule has 2 atom stereocenters. The van der Waals surface area contributed by atoms with E-state index in [1.807, 2.05) is 0 Å². The van der Waals surface area contributed by atoms with Crippen molar-refractivity contribution in [3.05, 3.63) is 24.3 Å². The second-order valence-corrected chi connectivity index (χ2v) is 7.76. The molecule has 1 aromatic rings. The zero-order valence-corrected chi connectivity index (χ0v) is 13.3. The fraction of sp³-hybridized carbons (Fsp3) is 0.533. The number of carbonyl (C=O) groups is 1. The van der Waals surface area contributed by atoms with Crippen molar-refractivity contribution >= 4 is 15.9 Å². The first-order valence-corrected chi connectivity index (χ1v) is 8.88. The molecular formula is C15H20N2O4S. The quantitative estimate of drug-likeness (QED) is 0.899. The minimum atomic E-state index is -3.52. The summed E-state index contributed by atoms with van der Waals surface area (Å²) in [6, 6.07) is 6.33. The van der Waals surface area contributed by atoms with E-state index in [1.165, 1.54) is 4.31 Å². The Balaban J connectivity index is 1.80. The number of fused-ring (bicyclic) bond motifs is 1. The lowest BCUT2D eigenvalue weighted by molar-refractivity contribution is -0.121. The van der Waals surface area contributed by atoms with Gasteiger partial charge in [0.1, 0.15) is 5.75 Å². The van der Waals surface area contributed by atoms with Crippen LogP contribution in [0.15, 0.2) is 29.2 Å². The molecule has 22 heavy (non-hydrogen) atoms. The van der Waals surface area contributed by atoms with E-state index >= 15 is 0 Å². The number of benzene rings is 1. The van der Waals surface area contributed by atoms with Crippen LogP contribution in [-0.2, 0) is 14.8 Å². The van der Waals surface area contributed by atoms with E-state index in [2.05, 4.69) is 5.32 Å². The molecule has 1 N–H and O–H groups in total. The highest BCUT2D eigenvalue weighted by molar-refractivity contribution is 7.89. The number of hydrogen-bond acceptors (Lipinski definition) is 4. The topological polar surface area (TPSA) is 75.7 Å². The molecule has 0 unspecified atom stereocenters. The van der Waals surface area contributed by atoms with Crippen LogP contribution < -0.4 is 10.1 Å². The third-order valence-corrected chi connectivity index (χ3v) is 6.28. The zero-order valence-electron chi connectivity index (χ0n) is 12.5. The van der Waals surface area contributed by atoms with Gasteiger partial charge in [-0.1, -0.05) is 0 Å². The Bertz CT molecular complexity index is 657. The Morgan fingerprint density at radius 2 is 1.95 bits per heavy atom. The van der Waals surface area contributed by atoms with Crippen LogP contribution in [0.4, 0.5) is 0 Å². The third kappa shape index (κ3) is 2.83. The molecule has 7 heteroatoms. The van der Waals surface area contributed by atoms with Gasteiger partial charge >= 0.3 is 0 Å². The van der Waals surface area contributed by atoms with Crippen LogP contribution in [0, 0.1) is 5.92 Å². The van der Waals surface area contributed by atoms with Crippen molar-refractivity contribution < 1.29 is 17.9 Å². The molecule has 2 aliphatic heterocycles. The van der Waals surface area contributed by atoms with E-state index in [9.17, 15) is 13.2 Å². The molecule has 0 aromatic heterocycles. The molecule has 2 aliphatic rings. The number of amides is 1. The Kier molecular flexibility index (Phi) is 4.10. The van der Waals surface area contributed by atoms with Gasteiger partial charge in [0.05, 0.1) is 12.0 Å². The summed E-state index contributed by atoms with van der Waals surface area (Å²) in [5.41, 5.74) is 0. The third-order valence-electron chi connectivity index (χ3n) is 4.43. The van der Waals surface area contributed by atoms with Gasteiger partial charge in [-0.2, -0.15) is 4.31 Å². The van der Waals surface area contributed by atoms with Crippen molar-refractivity contribution in [1.29, 1.82) is 0 Å². The molecule has 2 saturated heterocycles. The standard InChI is InChI=1S/C15H20N2O4S/c1-21-12-5-7-13(8-6-12)22(19,20)17-9-11-3-2-4-15(18)16-14(11)10-17/h5-8,11,14H,2-4,9-10H2,1H3,(H,16,18)/t11-,14+/m1/s1. The predicted molar refractivity (Wildman–Crippen MR) is 81.0 cm³/mol. The van der Waals surface area contributed by atoms with E-state index in [1.54, 1.807) is 31.4 Å². The lowest BCUT2D eigenvalue weighted by Gasteiger charge is -2.17. The van der Waals surface area contributed by atoms with E-state index in [0.29, 0.717) is 25.3 Å². The largest absolute Gasteiger partial charge is 0.497 e. The second kappa shape index (κ2) is 5.89. The van der Waals surface area contributed by atoms with E-state index in [4.69, 9.17) is 4.74 Å². The van der Waals surface area contributed by atoms with Crippen LogP contribution in [0.3, 0.4) is 0 Å². The molecule has 3 rings (SSSR count). The Morgan fingerprint density at radius 1 is 1.23 bits per heavy atom. The number of rotatable bonds is 3. The maximum Gasteiger partial charge on any atom is 0.243 e. The van der Waals surface area contributed by atoms with Crippen LogP contribution in [0.1, 0.15) is 19.3 Å². The molecule has 0 saturated carbocycles. The van der Waals surface area contributed by atoms with Crippen LogP contribution >= 0.6 is 0 Å².